The summed E-state index contributed by atoms with van der Waals surface area (Å²) in [6.45, 7) is 8.36. The summed E-state index contributed by atoms with van der Waals surface area (Å²) in [6, 6.07) is 29.8. The molecule has 2 aromatic carbocycles. The molecule has 0 saturated carbocycles. The number of hydrogen-bond donors (Lipinski definition) is 0. The van der Waals surface area contributed by atoms with E-state index in [1.165, 1.54) is 22.8 Å². The summed E-state index contributed by atoms with van der Waals surface area (Å²) in [5, 5.41) is 7.58. The van der Waals surface area contributed by atoms with Crippen LogP contribution >= 0.6 is 0 Å². The number of aryl methyl sites for hydroxylation is 2. The van der Waals surface area contributed by atoms with Crippen molar-refractivity contribution in [2.24, 2.45) is 14.1 Å². The smallest absolute Gasteiger partial charge is 0.241 e. The Morgan fingerprint density at radius 1 is 0.675 bits per heavy atom. The molecule has 4 heterocycles. The van der Waals surface area contributed by atoms with Crippen molar-refractivity contribution in [2.45, 2.75) is 27.7 Å². The maximum absolute atomic E-state index is 4.12. The number of aromatic nitrogens is 7. The Bertz CT molecular complexity index is 1500. The van der Waals surface area contributed by atoms with Crippen molar-refractivity contribution in [1.29, 1.82) is 0 Å². The number of hydrogen-bond acceptors (Lipinski definition) is 2. The molecule has 0 atom stereocenters. The van der Waals surface area contributed by atoms with Gasteiger partial charge in [-0.05, 0) is 39.8 Å². The second-order valence-corrected chi connectivity index (χ2v) is 8.96. The fourth-order valence-electron chi connectivity index (χ4n) is 3.81. The van der Waals surface area contributed by atoms with Crippen molar-refractivity contribution in [3.05, 3.63) is 133 Å². The van der Waals surface area contributed by atoms with Crippen molar-refractivity contribution in [3.63, 3.8) is 0 Å². The molecule has 0 unspecified atom stereocenters. The molecule has 0 saturated heterocycles. The molecular formula is C32H32IrN7-3. The van der Waals surface area contributed by atoms with Gasteiger partial charge in [-0.25, -0.2) is 0 Å². The van der Waals surface area contributed by atoms with Crippen LogP contribution in [0.5, 0.6) is 0 Å². The number of rotatable bonds is 3. The molecule has 40 heavy (non-hydrogen) atoms. The van der Waals surface area contributed by atoms with E-state index in [0.29, 0.717) is 0 Å². The van der Waals surface area contributed by atoms with Crippen LogP contribution in [0.3, 0.4) is 0 Å². The number of pyridine rings is 1. The standard InChI is InChI=1S/2C12H13N2.C8H6N3.Ir/c2*1-10-11(2)14(9-13(10)3)12-7-5-4-6-8-12;1-2-5-9-7(3-1)8-4-6-10-11-8;/h2*4-7H,1-3H3;1-6H;/q3*-1;. The zero-order chi connectivity index (χ0) is 27.8. The van der Waals surface area contributed by atoms with Gasteiger partial charge in [0.15, 0.2) is 0 Å². The van der Waals surface area contributed by atoms with E-state index in [-0.39, 0.29) is 20.1 Å². The van der Waals surface area contributed by atoms with Crippen molar-refractivity contribution < 1.29 is 29.2 Å². The van der Waals surface area contributed by atoms with Gasteiger partial charge < -0.3 is 28.5 Å². The fraction of sp³-hybridized carbons (Fsp3) is 0.188. The molecule has 0 aliphatic rings. The summed E-state index contributed by atoms with van der Waals surface area (Å²) < 4.78 is 8.04. The van der Waals surface area contributed by atoms with Gasteiger partial charge in [0.25, 0.3) is 0 Å². The van der Waals surface area contributed by atoms with E-state index < -0.39 is 0 Å². The third-order valence-electron chi connectivity index (χ3n) is 6.48. The third kappa shape index (κ3) is 7.29. The van der Waals surface area contributed by atoms with Crippen molar-refractivity contribution in [1.82, 2.24) is 24.3 Å². The van der Waals surface area contributed by atoms with Gasteiger partial charge in [-0.3, -0.25) is 4.98 Å². The van der Waals surface area contributed by atoms with Crippen LogP contribution in [0.2, 0.25) is 0 Å². The van der Waals surface area contributed by atoms with Gasteiger partial charge in [0.05, 0.1) is 14.1 Å². The maximum Gasteiger partial charge on any atom is 0.241 e. The Morgan fingerprint density at radius 3 is 1.55 bits per heavy atom. The summed E-state index contributed by atoms with van der Waals surface area (Å²) >= 11 is 0. The van der Waals surface area contributed by atoms with E-state index in [9.17, 15) is 0 Å². The predicted molar refractivity (Wildman–Crippen MR) is 149 cm³/mol. The molecule has 0 spiro atoms. The second kappa shape index (κ2) is 14.3. The molecule has 8 heteroatoms. The Kier molecular flexibility index (Phi) is 10.9. The molecule has 6 rings (SSSR count). The zero-order valence-corrected chi connectivity index (χ0v) is 25.9. The van der Waals surface area contributed by atoms with Gasteiger partial charge in [-0.15, -0.1) is 0 Å². The molecule has 0 amide bonds. The summed E-state index contributed by atoms with van der Waals surface area (Å²) in [6.07, 6.45) is 9.86. The van der Waals surface area contributed by atoms with Gasteiger partial charge >= 0.3 is 0 Å². The minimum atomic E-state index is 0. The summed E-state index contributed by atoms with van der Waals surface area (Å²) in [5.74, 6) is 0. The van der Waals surface area contributed by atoms with Gasteiger partial charge in [-0.2, -0.15) is 60.7 Å². The van der Waals surface area contributed by atoms with Crippen molar-refractivity contribution >= 4 is 0 Å². The average molecular weight is 707 g/mol. The molecule has 7 nitrogen and oxygen atoms in total. The van der Waals surface area contributed by atoms with Crippen LogP contribution in [0, 0.1) is 52.5 Å². The number of imidazole rings is 2. The fourth-order valence-corrected chi connectivity index (χ4v) is 3.81. The molecule has 0 N–H and O–H groups in total. The minimum absolute atomic E-state index is 0. The Labute approximate surface area is 250 Å². The topological polar surface area (TPSA) is 57.5 Å². The molecule has 6 aromatic rings. The normalized spacial score (nSPS) is 10.1. The van der Waals surface area contributed by atoms with Crippen LogP contribution in [0.4, 0.5) is 0 Å². The first kappa shape index (κ1) is 30.4. The predicted octanol–water partition coefficient (Wildman–Crippen LogP) is 4.14. The van der Waals surface area contributed by atoms with E-state index in [2.05, 4.69) is 67.7 Å². The molecule has 0 aliphatic heterocycles. The van der Waals surface area contributed by atoms with Crippen LogP contribution in [-0.4, -0.2) is 19.2 Å². The van der Waals surface area contributed by atoms with Crippen LogP contribution in [0.25, 0.3) is 22.8 Å². The summed E-state index contributed by atoms with van der Waals surface area (Å²) in [4.78, 5) is 4.12. The summed E-state index contributed by atoms with van der Waals surface area (Å²) in [5.41, 5.74) is 8.62. The van der Waals surface area contributed by atoms with Gasteiger partial charge in [-0.1, -0.05) is 29.2 Å². The maximum atomic E-state index is 4.12. The van der Waals surface area contributed by atoms with Gasteiger partial charge in [0.1, 0.15) is 0 Å². The molecule has 207 valence electrons. The molecule has 0 aliphatic carbocycles. The van der Waals surface area contributed by atoms with Gasteiger partial charge in [0.2, 0.25) is 12.7 Å². The Hall–Kier alpha value is -4.13. The van der Waals surface area contributed by atoms with Gasteiger partial charge in [0, 0.05) is 61.0 Å². The quantitative estimate of drug-likeness (QED) is 0.206. The summed E-state index contributed by atoms with van der Waals surface area (Å²) in [7, 11) is 4.00. The van der Waals surface area contributed by atoms with Crippen LogP contribution in [0.1, 0.15) is 22.8 Å². The first-order chi connectivity index (χ1) is 18.9. The third-order valence-corrected chi connectivity index (χ3v) is 6.48. The Balaban J connectivity index is 0.000000165. The number of para-hydroxylation sites is 2. The van der Waals surface area contributed by atoms with E-state index in [4.69, 9.17) is 0 Å². The molecule has 0 bridgehead atoms. The van der Waals surface area contributed by atoms with Crippen LogP contribution in [0.15, 0.2) is 85.2 Å². The monoisotopic (exact) mass is 707 g/mol. The molecule has 4 aromatic heterocycles. The number of benzene rings is 2. The van der Waals surface area contributed by atoms with E-state index in [0.717, 1.165) is 22.8 Å². The van der Waals surface area contributed by atoms with Crippen molar-refractivity contribution in [3.8, 4) is 22.8 Å². The SMILES string of the molecule is Cc1c(C)[n+](C)[c-]n1-c1[c-]cccc1.Cc1c(C)[n+](C)[c-]n1-c1[c-]cccc1.[Ir].c1ccc(-c2ccn[n-]2)nc1. The Morgan fingerprint density at radius 2 is 1.20 bits per heavy atom. The van der Waals surface area contributed by atoms with Crippen LogP contribution < -0.4 is 14.2 Å². The van der Waals surface area contributed by atoms with Crippen LogP contribution in [-0.2, 0) is 34.2 Å². The largest absolute Gasteiger partial charge is 0.574 e. The minimum Gasteiger partial charge on any atom is -0.574 e. The van der Waals surface area contributed by atoms with E-state index in [1.54, 1.807) is 12.4 Å². The molecule has 0 fully saturated rings. The molecule has 1 radical (unpaired) electrons. The van der Waals surface area contributed by atoms with Crippen molar-refractivity contribution in [2.75, 3.05) is 0 Å². The first-order valence-corrected chi connectivity index (χ1v) is 12.6. The van der Waals surface area contributed by atoms with E-state index >= 15 is 0 Å². The average Bonchev–Trinajstić information content (AvgIpc) is 3.68. The van der Waals surface area contributed by atoms with E-state index in [1.807, 2.05) is 105 Å². The zero-order valence-electron chi connectivity index (χ0n) is 23.5. The first-order valence-electron chi connectivity index (χ1n) is 12.6. The number of nitrogens with zero attached hydrogens (tertiary/aromatic N) is 7. The second-order valence-electron chi connectivity index (χ2n) is 8.96. The molecular weight excluding hydrogens is 675 g/mol.